The first-order valence-corrected chi connectivity index (χ1v) is 6.50. The summed E-state index contributed by atoms with van der Waals surface area (Å²) in [5.74, 6) is 1.11. The maximum atomic E-state index is 11.5. The minimum Gasteiger partial charge on any atom is -0.299 e. The summed E-state index contributed by atoms with van der Waals surface area (Å²) in [6.07, 6.45) is 2.72. The molecule has 3 nitrogen and oxygen atoms in total. The van der Waals surface area contributed by atoms with Gasteiger partial charge in [-0.05, 0) is 41.6 Å². The summed E-state index contributed by atoms with van der Waals surface area (Å²) in [5.41, 5.74) is 2.23. The van der Waals surface area contributed by atoms with Crippen molar-refractivity contribution >= 4 is 21.7 Å². The number of carbonyl (C=O) groups excluding carboxylic acids is 1. The number of nitrogens with zero attached hydrogens (tertiary/aromatic N) is 2. The molecule has 1 fully saturated rings. The molecule has 1 aliphatic rings. The first-order chi connectivity index (χ1) is 7.50. The van der Waals surface area contributed by atoms with Crippen molar-refractivity contribution in [2.24, 2.45) is 18.9 Å². The van der Waals surface area contributed by atoms with E-state index in [1.54, 1.807) is 0 Å². The Bertz CT molecular complexity index is 425. The molecule has 0 aromatic carbocycles. The molecule has 16 heavy (non-hydrogen) atoms. The molecule has 0 saturated heterocycles. The molecule has 2 rings (SSSR count). The Hall–Kier alpha value is -0.640. The summed E-state index contributed by atoms with van der Waals surface area (Å²) in [4.78, 5) is 11.5. The molecular formula is C12H17BrN2O. The summed E-state index contributed by atoms with van der Waals surface area (Å²) in [6.45, 7) is 4.05. The van der Waals surface area contributed by atoms with E-state index in [0.29, 0.717) is 11.7 Å². The minimum absolute atomic E-state index is 0.210. The zero-order valence-corrected chi connectivity index (χ0v) is 11.5. The largest absolute Gasteiger partial charge is 0.299 e. The summed E-state index contributed by atoms with van der Waals surface area (Å²) in [5, 5.41) is 4.38. The van der Waals surface area contributed by atoms with Gasteiger partial charge in [0.05, 0.1) is 15.9 Å². The number of hydrogen-bond acceptors (Lipinski definition) is 2. The third-order valence-electron chi connectivity index (χ3n) is 3.69. The Morgan fingerprint density at radius 1 is 1.56 bits per heavy atom. The van der Waals surface area contributed by atoms with Gasteiger partial charge in [0.25, 0.3) is 0 Å². The van der Waals surface area contributed by atoms with Crippen molar-refractivity contribution in [3.63, 3.8) is 0 Å². The molecule has 2 unspecified atom stereocenters. The molecule has 0 amide bonds. The van der Waals surface area contributed by atoms with Gasteiger partial charge in [-0.25, -0.2) is 0 Å². The van der Waals surface area contributed by atoms with Crippen LogP contribution in [0.3, 0.4) is 0 Å². The number of aromatic nitrogens is 2. The van der Waals surface area contributed by atoms with Crippen LogP contribution in [-0.2, 0) is 18.3 Å². The molecule has 1 saturated carbocycles. The lowest BCUT2D eigenvalue weighted by Gasteiger charge is -2.14. The zero-order chi connectivity index (χ0) is 11.9. The maximum absolute atomic E-state index is 11.5. The van der Waals surface area contributed by atoms with E-state index in [1.807, 2.05) is 18.7 Å². The SMILES string of the molecule is Cc1nn(C)c(CC2CCC(=O)C2C)c1Br. The normalized spacial score (nSPS) is 25.4. The fourth-order valence-corrected chi connectivity index (χ4v) is 3.00. The Labute approximate surface area is 104 Å². The van der Waals surface area contributed by atoms with Crippen LogP contribution in [0.15, 0.2) is 4.47 Å². The molecule has 1 heterocycles. The molecule has 0 radical (unpaired) electrons. The standard InChI is InChI=1S/C12H17BrN2O/c1-7-9(4-5-11(7)16)6-10-12(13)8(2)14-15(10)3/h7,9H,4-6H2,1-3H3. The van der Waals surface area contributed by atoms with E-state index >= 15 is 0 Å². The van der Waals surface area contributed by atoms with E-state index in [0.717, 1.165) is 29.4 Å². The maximum Gasteiger partial charge on any atom is 0.136 e. The van der Waals surface area contributed by atoms with Gasteiger partial charge in [-0.3, -0.25) is 9.48 Å². The van der Waals surface area contributed by atoms with Gasteiger partial charge < -0.3 is 0 Å². The Morgan fingerprint density at radius 2 is 2.25 bits per heavy atom. The highest BCUT2D eigenvalue weighted by Crippen LogP contribution is 2.33. The second-order valence-electron chi connectivity index (χ2n) is 4.73. The Kier molecular flexibility index (Phi) is 3.19. The lowest BCUT2D eigenvalue weighted by atomic mass is 9.93. The fourth-order valence-electron chi connectivity index (χ4n) is 2.50. The smallest absolute Gasteiger partial charge is 0.136 e. The minimum atomic E-state index is 0.210. The van der Waals surface area contributed by atoms with Crippen LogP contribution >= 0.6 is 15.9 Å². The zero-order valence-electron chi connectivity index (χ0n) is 9.96. The number of ketones is 1. The van der Waals surface area contributed by atoms with Crippen molar-refractivity contribution in [3.8, 4) is 0 Å². The molecule has 0 aliphatic heterocycles. The average molecular weight is 285 g/mol. The first kappa shape index (κ1) is 11.8. The highest BCUT2D eigenvalue weighted by Gasteiger charge is 2.32. The quantitative estimate of drug-likeness (QED) is 0.837. The molecule has 0 spiro atoms. The van der Waals surface area contributed by atoms with Crippen molar-refractivity contribution in [2.45, 2.75) is 33.1 Å². The molecule has 4 heteroatoms. The van der Waals surface area contributed by atoms with E-state index in [9.17, 15) is 4.79 Å². The van der Waals surface area contributed by atoms with Crippen LogP contribution in [0.4, 0.5) is 0 Å². The van der Waals surface area contributed by atoms with Gasteiger partial charge in [0.1, 0.15) is 5.78 Å². The number of carbonyl (C=O) groups is 1. The fraction of sp³-hybridized carbons (Fsp3) is 0.667. The number of Topliss-reactive ketones (excluding diaryl/α,β-unsaturated/α-hetero) is 1. The van der Waals surface area contributed by atoms with Crippen molar-refractivity contribution in [3.05, 3.63) is 15.9 Å². The van der Waals surface area contributed by atoms with Crippen LogP contribution in [0.1, 0.15) is 31.2 Å². The number of rotatable bonds is 2. The summed E-state index contributed by atoms with van der Waals surface area (Å²) < 4.78 is 3.02. The van der Waals surface area contributed by atoms with E-state index in [4.69, 9.17) is 0 Å². The van der Waals surface area contributed by atoms with Crippen LogP contribution in [0.25, 0.3) is 0 Å². The Morgan fingerprint density at radius 3 is 2.69 bits per heavy atom. The van der Waals surface area contributed by atoms with E-state index in [-0.39, 0.29) is 5.92 Å². The van der Waals surface area contributed by atoms with Crippen molar-refractivity contribution in [2.75, 3.05) is 0 Å². The van der Waals surface area contributed by atoms with Crippen LogP contribution in [0, 0.1) is 18.8 Å². The van der Waals surface area contributed by atoms with E-state index in [2.05, 4.69) is 28.0 Å². The predicted molar refractivity (Wildman–Crippen MR) is 66.2 cm³/mol. The summed E-state index contributed by atoms with van der Waals surface area (Å²) in [7, 11) is 1.97. The van der Waals surface area contributed by atoms with Gasteiger partial charge in [0.2, 0.25) is 0 Å². The second kappa shape index (κ2) is 4.32. The molecular weight excluding hydrogens is 268 g/mol. The van der Waals surface area contributed by atoms with Gasteiger partial charge in [-0.15, -0.1) is 0 Å². The van der Waals surface area contributed by atoms with Crippen molar-refractivity contribution in [1.82, 2.24) is 9.78 Å². The third-order valence-corrected chi connectivity index (χ3v) is 4.73. The van der Waals surface area contributed by atoms with Crippen molar-refractivity contribution < 1.29 is 4.79 Å². The summed E-state index contributed by atoms with van der Waals surface area (Å²) in [6, 6.07) is 0. The lowest BCUT2D eigenvalue weighted by Crippen LogP contribution is -2.14. The highest BCUT2D eigenvalue weighted by atomic mass is 79.9. The molecule has 2 atom stereocenters. The average Bonchev–Trinajstić information content (AvgIpc) is 2.66. The topological polar surface area (TPSA) is 34.9 Å². The first-order valence-electron chi connectivity index (χ1n) is 5.71. The van der Waals surface area contributed by atoms with Crippen LogP contribution in [-0.4, -0.2) is 15.6 Å². The van der Waals surface area contributed by atoms with E-state index in [1.165, 1.54) is 5.69 Å². The predicted octanol–water partition coefficient (Wildman–Crippen LogP) is 2.65. The number of aryl methyl sites for hydroxylation is 2. The molecule has 1 aromatic heterocycles. The van der Waals surface area contributed by atoms with Crippen molar-refractivity contribution in [1.29, 1.82) is 0 Å². The van der Waals surface area contributed by atoms with Crippen LogP contribution < -0.4 is 0 Å². The lowest BCUT2D eigenvalue weighted by molar-refractivity contribution is -0.120. The molecule has 88 valence electrons. The number of hydrogen-bond donors (Lipinski definition) is 0. The van der Waals surface area contributed by atoms with Gasteiger partial charge in [-0.1, -0.05) is 6.92 Å². The third kappa shape index (κ3) is 1.95. The van der Waals surface area contributed by atoms with Crippen LogP contribution in [0.5, 0.6) is 0 Å². The second-order valence-corrected chi connectivity index (χ2v) is 5.52. The number of halogens is 1. The highest BCUT2D eigenvalue weighted by molar-refractivity contribution is 9.10. The molecule has 1 aromatic rings. The molecule has 1 aliphatic carbocycles. The molecule has 0 N–H and O–H groups in total. The van der Waals surface area contributed by atoms with Gasteiger partial charge in [0.15, 0.2) is 0 Å². The van der Waals surface area contributed by atoms with E-state index < -0.39 is 0 Å². The van der Waals surface area contributed by atoms with Gasteiger partial charge >= 0.3 is 0 Å². The summed E-state index contributed by atoms with van der Waals surface area (Å²) >= 11 is 3.58. The monoisotopic (exact) mass is 284 g/mol. The van der Waals surface area contributed by atoms with Gasteiger partial charge in [0, 0.05) is 19.4 Å². The van der Waals surface area contributed by atoms with Crippen LogP contribution in [0.2, 0.25) is 0 Å². The van der Waals surface area contributed by atoms with Gasteiger partial charge in [-0.2, -0.15) is 5.10 Å². The Balaban J connectivity index is 2.18. The molecule has 0 bridgehead atoms.